The first-order chi connectivity index (χ1) is 20.6. The molecular weight excluding hydrogens is 608 g/mol. The molecule has 2 aliphatic heterocycles. The van der Waals surface area contributed by atoms with Crippen LogP contribution >= 0.6 is 23.2 Å². The van der Waals surface area contributed by atoms with E-state index in [1.54, 1.807) is 35.2 Å². The molecule has 4 heterocycles. The van der Waals surface area contributed by atoms with Gasteiger partial charge in [0.1, 0.15) is 5.82 Å². The number of rotatable bonds is 8. The molecule has 230 valence electrons. The monoisotopic (exact) mass is 638 g/mol. The van der Waals surface area contributed by atoms with Gasteiger partial charge in [0.05, 0.1) is 0 Å². The molecule has 3 aromatic rings. The molecular formula is C29H31Cl2F3N6O3. The van der Waals surface area contributed by atoms with Gasteiger partial charge in [-0.25, -0.2) is 9.78 Å². The fourth-order valence-electron chi connectivity index (χ4n) is 5.21. The van der Waals surface area contributed by atoms with Crippen LogP contribution in [0.25, 0.3) is 0 Å². The number of anilines is 2. The van der Waals surface area contributed by atoms with Crippen molar-refractivity contribution in [1.82, 2.24) is 20.6 Å². The summed E-state index contributed by atoms with van der Waals surface area (Å²) in [6.07, 6.45) is 0.424. The SMILES string of the molecule is O=C(NCc1ccc(Cl)cc1Cl)NC1CCN(c2ccc(CC(=O)c3oc(N4CCCCC4)nc3C(F)(F)F)cn2)CC1. The predicted octanol–water partition coefficient (Wildman–Crippen LogP) is 6.28. The van der Waals surface area contributed by atoms with Gasteiger partial charge in [0, 0.05) is 61.4 Å². The van der Waals surface area contributed by atoms with Crippen LogP contribution in [0.4, 0.5) is 29.8 Å². The lowest BCUT2D eigenvalue weighted by Crippen LogP contribution is -2.48. The molecule has 1 aromatic carbocycles. The number of amides is 2. The summed E-state index contributed by atoms with van der Waals surface area (Å²) in [6, 6.07) is 8.04. The van der Waals surface area contributed by atoms with Gasteiger partial charge >= 0.3 is 12.2 Å². The van der Waals surface area contributed by atoms with E-state index in [9.17, 15) is 22.8 Å². The quantitative estimate of drug-likeness (QED) is 0.280. The molecule has 0 bridgehead atoms. The molecule has 14 heteroatoms. The highest BCUT2D eigenvalue weighted by atomic mass is 35.5. The van der Waals surface area contributed by atoms with Gasteiger partial charge in [-0.05, 0) is 61.4 Å². The van der Waals surface area contributed by atoms with E-state index < -0.39 is 23.4 Å². The van der Waals surface area contributed by atoms with E-state index in [0.717, 1.165) is 24.8 Å². The van der Waals surface area contributed by atoms with Crippen molar-refractivity contribution in [2.24, 2.45) is 0 Å². The summed E-state index contributed by atoms with van der Waals surface area (Å²) in [5, 5.41) is 6.79. The molecule has 2 aliphatic rings. The average Bonchev–Trinajstić information content (AvgIpc) is 3.45. The maximum Gasteiger partial charge on any atom is 0.437 e. The molecule has 0 spiro atoms. The second-order valence-corrected chi connectivity index (χ2v) is 11.5. The minimum absolute atomic E-state index is 0.0200. The lowest BCUT2D eigenvalue weighted by Gasteiger charge is -2.33. The molecule has 2 amide bonds. The molecule has 0 saturated carbocycles. The second kappa shape index (κ2) is 13.4. The number of carbonyl (C=O) groups is 2. The van der Waals surface area contributed by atoms with Gasteiger partial charge in [-0.1, -0.05) is 35.3 Å². The average molecular weight is 640 g/mol. The van der Waals surface area contributed by atoms with Gasteiger partial charge in [-0.3, -0.25) is 4.79 Å². The van der Waals surface area contributed by atoms with E-state index >= 15 is 0 Å². The van der Waals surface area contributed by atoms with Gasteiger partial charge < -0.3 is 24.9 Å². The highest BCUT2D eigenvalue weighted by Gasteiger charge is 2.41. The number of carbonyl (C=O) groups excluding carboxylic acids is 2. The number of nitrogens with one attached hydrogen (secondary N) is 2. The van der Waals surface area contributed by atoms with Crippen LogP contribution in [0.5, 0.6) is 0 Å². The summed E-state index contributed by atoms with van der Waals surface area (Å²) in [7, 11) is 0. The molecule has 0 atom stereocenters. The lowest BCUT2D eigenvalue weighted by atomic mass is 10.0. The number of nitrogens with zero attached hydrogens (tertiary/aromatic N) is 4. The van der Waals surface area contributed by atoms with Crippen molar-refractivity contribution >= 4 is 46.8 Å². The lowest BCUT2D eigenvalue weighted by molar-refractivity contribution is -0.141. The number of ketones is 1. The van der Waals surface area contributed by atoms with Crippen molar-refractivity contribution in [3.8, 4) is 0 Å². The maximum absolute atomic E-state index is 13.7. The third-order valence-electron chi connectivity index (χ3n) is 7.55. The van der Waals surface area contributed by atoms with Crippen LogP contribution in [-0.4, -0.2) is 54.0 Å². The third kappa shape index (κ3) is 7.91. The fraction of sp³-hybridized carbons (Fsp3) is 0.448. The number of alkyl halides is 3. The number of benzene rings is 1. The normalized spacial score (nSPS) is 16.3. The summed E-state index contributed by atoms with van der Waals surface area (Å²) >= 11 is 12.1. The molecule has 9 nitrogen and oxygen atoms in total. The molecule has 43 heavy (non-hydrogen) atoms. The van der Waals surface area contributed by atoms with E-state index in [2.05, 4.69) is 25.5 Å². The van der Waals surface area contributed by atoms with Gasteiger partial charge in [-0.15, -0.1) is 0 Å². The highest BCUT2D eigenvalue weighted by Crippen LogP contribution is 2.35. The molecule has 0 unspecified atom stereocenters. The largest absolute Gasteiger partial charge is 0.437 e. The molecule has 0 radical (unpaired) electrons. The number of aromatic nitrogens is 2. The van der Waals surface area contributed by atoms with Crippen molar-refractivity contribution < 1.29 is 27.2 Å². The second-order valence-electron chi connectivity index (χ2n) is 10.7. The van der Waals surface area contributed by atoms with Crippen molar-refractivity contribution in [3.05, 3.63) is 69.2 Å². The zero-order chi connectivity index (χ0) is 30.6. The van der Waals surface area contributed by atoms with E-state index in [1.165, 1.54) is 6.20 Å². The topological polar surface area (TPSA) is 104 Å². The molecule has 2 N–H and O–H groups in total. The molecule has 2 saturated heterocycles. The number of piperidine rings is 2. The third-order valence-corrected chi connectivity index (χ3v) is 8.13. The number of hydrogen-bond donors (Lipinski definition) is 2. The molecule has 2 aromatic heterocycles. The van der Waals surface area contributed by atoms with Crippen LogP contribution < -0.4 is 20.4 Å². The Morgan fingerprint density at radius 3 is 2.40 bits per heavy atom. The van der Waals surface area contributed by atoms with Crippen molar-refractivity contribution in [2.45, 2.75) is 57.3 Å². The van der Waals surface area contributed by atoms with Gasteiger partial charge in [0.2, 0.25) is 11.5 Å². The van der Waals surface area contributed by atoms with E-state index in [0.29, 0.717) is 60.4 Å². The Balaban J connectivity index is 1.12. The Hall–Kier alpha value is -3.51. The van der Waals surface area contributed by atoms with Crippen molar-refractivity contribution in [1.29, 1.82) is 0 Å². The van der Waals surface area contributed by atoms with Crippen molar-refractivity contribution in [2.75, 3.05) is 36.0 Å². The van der Waals surface area contributed by atoms with Crippen LogP contribution in [0.3, 0.4) is 0 Å². The number of pyridine rings is 1. The Morgan fingerprint density at radius 1 is 1.00 bits per heavy atom. The van der Waals surface area contributed by atoms with Crippen LogP contribution in [0.15, 0.2) is 40.9 Å². The minimum atomic E-state index is -4.81. The van der Waals surface area contributed by atoms with Crippen LogP contribution in [0.1, 0.15) is 59.5 Å². The summed E-state index contributed by atoms with van der Waals surface area (Å²) in [5.74, 6) is -0.896. The Kier molecular flexibility index (Phi) is 9.65. The number of hydrogen-bond acceptors (Lipinski definition) is 7. The minimum Gasteiger partial charge on any atom is -0.420 e. The van der Waals surface area contributed by atoms with E-state index in [-0.39, 0.29) is 31.1 Å². The summed E-state index contributed by atoms with van der Waals surface area (Å²) in [6.45, 7) is 2.64. The fourth-order valence-corrected chi connectivity index (χ4v) is 5.69. The number of urea groups is 1. The molecule has 5 rings (SSSR count). The maximum atomic E-state index is 13.7. The number of halogens is 5. The smallest absolute Gasteiger partial charge is 0.420 e. The first-order valence-corrected chi connectivity index (χ1v) is 14.9. The van der Waals surface area contributed by atoms with E-state index in [4.69, 9.17) is 27.6 Å². The summed E-state index contributed by atoms with van der Waals surface area (Å²) in [4.78, 5) is 37.1. The van der Waals surface area contributed by atoms with E-state index in [1.807, 2.05) is 0 Å². The first-order valence-electron chi connectivity index (χ1n) is 14.1. The number of Topliss-reactive ketones (excluding diaryl/α,β-unsaturated/α-hetero) is 1. The zero-order valence-electron chi connectivity index (χ0n) is 23.2. The summed E-state index contributed by atoms with van der Waals surface area (Å²) in [5.41, 5.74) is -0.0653. The Bertz CT molecular complexity index is 1440. The Labute approximate surface area is 256 Å². The molecule has 2 fully saturated rings. The van der Waals surface area contributed by atoms with Crippen LogP contribution in [-0.2, 0) is 19.1 Å². The standard InChI is InChI=1S/C29H31Cl2F3N6O3/c30-20-6-5-19(22(31)15-20)17-36-27(42)37-21-8-12-39(13-9-21)24-7-4-18(16-35-24)14-23(41)25-26(29(32,33)34)38-28(43-25)40-10-2-1-3-11-40/h4-7,15-16,21H,1-3,8-14,17H2,(H2,36,37,42). The first kappa shape index (κ1) is 30.9. The Morgan fingerprint density at radius 2 is 1.74 bits per heavy atom. The number of oxazole rings is 1. The zero-order valence-corrected chi connectivity index (χ0v) is 24.7. The van der Waals surface area contributed by atoms with Gasteiger partial charge in [0.25, 0.3) is 6.01 Å². The van der Waals surface area contributed by atoms with Crippen molar-refractivity contribution in [3.63, 3.8) is 0 Å². The van der Waals surface area contributed by atoms with Gasteiger partial charge in [0.15, 0.2) is 5.69 Å². The summed E-state index contributed by atoms with van der Waals surface area (Å²) < 4.78 is 46.4. The van der Waals surface area contributed by atoms with Crippen LogP contribution in [0, 0.1) is 0 Å². The van der Waals surface area contributed by atoms with Crippen LogP contribution in [0.2, 0.25) is 10.0 Å². The molecule has 0 aliphatic carbocycles. The van der Waals surface area contributed by atoms with Gasteiger partial charge in [-0.2, -0.15) is 18.2 Å². The predicted molar refractivity (Wildman–Crippen MR) is 157 cm³/mol. The highest BCUT2D eigenvalue weighted by molar-refractivity contribution is 6.35.